The first kappa shape index (κ1) is 10.9. The fourth-order valence-electron chi connectivity index (χ4n) is 1.59. The molecule has 0 saturated heterocycles. The van der Waals surface area contributed by atoms with Gasteiger partial charge in [-0.2, -0.15) is 5.10 Å². The van der Waals surface area contributed by atoms with Gasteiger partial charge in [0.15, 0.2) is 5.78 Å². The topological polar surface area (TPSA) is 34.9 Å². The first-order valence-corrected chi connectivity index (χ1v) is 5.31. The van der Waals surface area contributed by atoms with E-state index in [4.69, 9.17) is 11.6 Å². The average molecular weight is 235 g/mol. The van der Waals surface area contributed by atoms with Crippen LogP contribution in [0, 0.1) is 0 Å². The van der Waals surface area contributed by atoms with E-state index in [1.54, 1.807) is 7.05 Å². The van der Waals surface area contributed by atoms with Crippen LogP contribution in [0.3, 0.4) is 0 Å². The van der Waals surface area contributed by atoms with E-state index in [-0.39, 0.29) is 5.78 Å². The Labute approximate surface area is 98.7 Å². The summed E-state index contributed by atoms with van der Waals surface area (Å²) >= 11 is 5.90. The van der Waals surface area contributed by atoms with Crippen LogP contribution in [0.4, 0.5) is 0 Å². The molecule has 0 aliphatic heterocycles. The predicted octanol–water partition coefficient (Wildman–Crippen LogP) is 2.50. The van der Waals surface area contributed by atoms with Gasteiger partial charge in [0.1, 0.15) is 5.69 Å². The van der Waals surface area contributed by atoms with Gasteiger partial charge in [0.25, 0.3) is 0 Å². The van der Waals surface area contributed by atoms with E-state index in [9.17, 15) is 4.79 Å². The van der Waals surface area contributed by atoms with E-state index in [0.717, 1.165) is 5.56 Å². The van der Waals surface area contributed by atoms with E-state index in [1.807, 2.05) is 30.3 Å². The Morgan fingerprint density at radius 3 is 2.62 bits per heavy atom. The third-order valence-electron chi connectivity index (χ3n) is 2.37. The van der Waals surface area contributed by atoms with Crippen LogP contribution in [0.2, 0.25) is 5.02 Å². The summed E-state index contributed by atoms with van der Waals surface area (Å²) in [5, 5.41) is 4.35. The Morgan fingerprint density at radius 1 is 1.38 bits per heavy atom. The second-order valence-electron chi connectivity index (χ2n) is 3.55. The Bertz CT molecular complexity index is 485. The van der Waals surface area contributed by atoms with Crippen molar-refractivity contribution in [3.05, 3.63) is 52.8 Å². The summed E-state index contributed by atoms with van der Waals surface area (Å²) in [6.07, 6.45) is 1.83. The number of carbonyl (C=O) groups is 1. The lowest BCUT2D eigenvalue weighted by molar-refractivity contribution is 0.0984. The lowest BCUT2D eigenvalue weighted by Gasteiger charge is -2.02. The van der Waals surface area contributed by atoms with Crippen molar-refractivity contribution in [1.82, 2.24) is 9.78 Å². The molecule has 0 unspecified atom stereocenters. The molecule has 0 aliphatic carbocycles. The SMILES string of the molecule is Cn1ncc(Cl)c1C(=O)Cc1ccccc1. The molecule has 2 rings (SSSR count). The van der Waals surface area contributed by atoms with Gasteiger partial charge in [-0.05, 0) is 5.56 Å². The molecule has 4 heteroatoms. The molecule has 1 aromatic carbocycles. The van der Waals surface area contributed by atoms with Gasteiger partial charge in [0.2, 0.25) is 0 Å². The first-order valence-electron chi connectivity index (χ1n) is 4.93. The Balaban J connectivity index is 2.22. The summed E-state index contributed by atoms with van der Waals surface area (Å²) in [6.45, 7) is 0. The molecule has 0 amide bonds. The summed E-state index contributed by atoms with van der Waals surface area (Å²) in [6, 6.07) is 9.58. The second-order valence-corrected chi connectivity index (χ2v) is 3.96. The van der Waals surface area contributed by atoms with Crippen LogP contribution in [-0.4, -0.2) is 15.6 Å². The van der Waals surface area contributed by atoms with Crippen LogP contribution >= 0.6 is 11.6 Å². The predicted molar refractivity (Wildman–Crippen MR) is 62.7 cm³/mol. The van der Waals surface area contributed by atoms with Crippen molar-refractivity contribution in [2.24, 2.45) is 7.05 Å². The van der Waals surface area contributed by atoms with E-state index < -0.39 is 0 Å². The highest BCUT2D eigenvalue weighted by Crippen LogP contribution is 2.16. The molecular weight excluding hydrogens is 224 g/mol. The lowest BCUT2D eigenvalue weighted by atomic mass is 10.1. The standard InChI is InChI=1S/C12H11ClN2O/c1-15-12(10(13)8-14-15)11(16)7-9-5-3-2-4-6-9/h2-6,8H,7H2,1H3. The van der Waals surface area contributed by atoms with Crippen molar-refractivity contribution >= 4 is 17.4 Å². The molecule has 1 aromatic heterocycles. The third kappa shape index (κ3) is 2.14. The molecule has 0 fully saturated rings. The average Bonchev–Trinajstić information content (AvgIpc) is 2.60. The number of carbonyl (C=O) groups excluding carboxylic acids is 1. The largest absolute Gasteiger partial charge is 0.292 e. The molecule has 2 aromatic rings. The van der Waals surface area contributed by atoms with Crippen molar-refractivity contribution in [2.45, 2.75) is 6.42 Å². The number of aromatic nitrogens is 2. The van der Waals surface area contributed by atoms with Crippen molar-refractivity contribution in [2.75, 3.05) is 0 Å². The third-order valence-corrected chi connectivity index (χ3v) is 2.64. The minimum absolute atomic E-state index is 0.0174. The fourth-order valence-corrected chi connectivity index (χ4v) is 1.86. The molecule has 1 heterocycles. The van der Waals surface area contributed by atoms with Gasteiger partial charge in [0.05, 0.1) is 11.2 Å². The smallest absolute Gasteiger partial charge is 0.186 e. The van der Waals surface area contributed by atoms with E-state index >= 15 is 0 Å². The Kier molecular flexibility index (Phi) is 3.06. The fraction of sp³-hybridized carbons (Fsp3) is 0.167. The lowest BCUT2D eigenvalue weighted by Crippen LogP contribution is -2.10. The molecular formula is C12H11ClN2O. The second kappa shape index (κ2) is 4.49. The monoisotopic (exact) mass is 234 g/mol. The summed E-state index contributed by atoms with van der Waals surface area (Å²) < 4.78 is 1.51. The van der Waals surface area contributed by atoms with E-state index in [2.05, 4.69) is 5.10 Å². The summed E-state index contributed by atoms with van der Waals surface area (Å²) in [5.41, 5.74) is 1.44. The van der Waals surface area contributed by atoms with E-state index in [0.29, 0.717) is 17.1 Å². The van der Waals surface area contributed by atoms with Crippen LogP contribution in [0.5, 0.6) is 0 Å². The Hall–Kier alpha value is -1.61. The molecule has 0 radical (unpaired) electrons. The minimum atomic E-state index is -0.0174. The van der Waals surface area contributed by atoms with Gasteiger partial charge in [-0.25, -0.2) is 0 Å². The number of benzene rings is 1. The van der Waals surface area contributed by atoms with Gasteiger partial charge < -0.3 is 0 Å². The zero-order valence-corrected chi connectivity index (χ0v) is 9.61. The number of rotatable bonds is 3. The van der Waals surface area contributed by atoms with Crippen molar-refractivity contribution in [1.29, 1.82) is 0 Å². The molecule has 82 valence electrons. The van der Waals surface area contributed by atoms with Crippen LogP contribution in [0.1, 0.15) is 16.1 Å². The zero-order chi connectivity index (χ0) is 11.5. The summed E-state index contributed by atoms with van der Waals surface area (Å²) in [5.74, 6) is -0.0174. The Morgan fingerprint density at radius 2 is 2.06 bits per heavy atom. The number of Topliss-reactive ketones (excluding diaryl/α,β-unsaturated/α-hetero) is 1. The summed E-state index contributed by atoms with van der Waals surface area (Å²) in [7, 11) is 1.71. The first-order chi connectivity index (χ1) is 7.68. The van der Waals surface area contributed by atoms with Crippen LogP contribution in [0.15, 0.2) is 36.5 Å². The van der Waals surface area contributed by atoms with Crippen LogP contribution in [-0.2, 0) is 13.5 Å². The van der Waals surface area contributed by atoms with Gasteiger partial charge in [0, 0.05) is 13.5 Å². The maximum absolute atomic E-state index is 12.0. The number of aryl methyl sites for hydroxylation is 1. The molecule has 0 N–H and O–H groups in total. The van der Waals surface area contributed by atoms with Crippen LogP contribution in [0.25, 0.3) is 0 Å². The molecule has 0 spiro atoms. The zero-order valence-electron chi connectivity index (χ0n) is 8.85. The molecule has 0 bridgehead atoms. The minimum Gasteiger partial charge on any atom is -0.292 e. The van der Waals surface area contributed by atoms with Gasteiger partial charge in [-0.1, -0.05) is 41.9 Å². The van der Waals surface area contributed by atoms with Gasteiger partial charge >= 0.3 is 0 Å². The molecule has 16 heavy (non-hydrogen) atoms. The van der Waals surface area contributed by atoms with E-state index in [1.165, 1.54) is 10.9 Å². The molecule has 0 aliphatic rings. The van der Waals surface area contributed by atoms with Crippen LogP contribution < -0.4 is 0 Å². The number of halogens is 1. The van der Waals surface area contributed by atoms with Gasteiger partial charge in [-0.3, -0.25) is 9.48 Å². The highest BCUT2D eigenvalue weighted by atomic mass is 35.5. The number of hydrogen-bond donors (Lipinski definition) is 0. The maximum Gasteiger partial charge on any atom is 0.186 e. The van der Waals surface area contributed by atoms with Crippen molar-refractivity contribution in [3.63, 3.8) is 0 Å². The van der Waals surface area contributed by atoms with Crippen molar-refractivity contribution < 1.29 is 4.79 Å². The number of hydrogen-bond acceptors (Lipinski definition) is 2. The molecule has 0 atom stereocenters. The summed E-state index contributed by atoms with van der Waals surface area (Å²) in [4.78, 5) is 12.0. The highest BCUT2D eigenvalue weighted by Gasteiger charge is 2.15. The van der Waals surface area contributed by atoms with Crippen molar-refractivity contribution in [3.8, 4) is 0 Å². The number of nitrogens with zero attached hydrogens (tertiary/aromatic N) is 2. The molecule has 3 nitrogen and oxygen atoms in total. The quantitative estimate of drug-likeness (QED) is 0.765. The maximum atomic E-state index is 12.0. The normalized spacial score (nSPS) is 10.4. The van der Waals surface area contributed by atoms with Gasteiger partial charge in [-0.15, -0.1) is 0 Å². The molecule has 0 saturated carbocycles. The highest BCUT2D eigenvalue weighted by molar-refractivity contribution is 6.33. The number of ketones is 1.